The molecule has 0 radical (unpaired) electrons. The molecule has 108 valence electrons. The Morgan fingerprint density at radius 1 is 1.35 bits per heavy atom. The van der Waals surface area contributed by atoms with Crippen LogP contribution in [-0.4, -0.2) is 9.55 Å². The molecule has 8 heteroatoms. The Morgan fingerprint density at radius 2 is 2.05 bits per heavy atom. The van der Waals surface area contributed by atoms with E-state index in [2.05, 4.69) is 10.3 Å². The van der Waals surface area contributed by atoms with E-state index in [9.17, 15) is 17.6 Å². The molecular formula is C12H10ClF4N3. The summed E-state index contributed by atoms with van der Waals surface area (Å²) in [6.07, 6.45) is -3.29. The van der Waals surface area contributed by atoms with Crippen molar-refractivity contribution in [3.63, 3.8) is 0 Å². The second-order valence-corrected chi connectivity index (χ2v) is 4.49. The number of nitrogens with zero attached hydrogens (tertiary/aromatic N) is 2. The van der Waals surface area contributed by atoms with Gasteiger partial charge >= 0.3 is 6.18 Å². The van der Waals surface area contributed by atoms with Crippen molar-refractivity contribution in [3.05, 3.63) is 46.8 Å². The third-order valence-electron chi connectivity index (χ3n) is 2.75. The van der Waals surface area contributed by atoms with Crippen LogP contribution in [0.15, 0.2) is 24.4 Å². The summed E-state index contributed by atoms with van der Waals surface area (Å²) in [7, 11) is 1.68. The van der Waals surface area contributed by atoms with E-state index in [4.69, 9.17) is 11.6 Å². The monoisotopic (exact) mass is 307 g/mol. The van der Waals surface area contributed by atoms with Crippen molar-refractivity contribution in [2.75, 3.05) is 5.32 Å². The lowest BCUT2D eigenvalue weighted by Crippen LogP contribution is -2.10. The molecule has 0 saturated heterocycles. The van der Waals surface area contributed by atoms with Gasteiger partial charge in [0, 0.05) is 12.7 Å². The summed E-state index contributed by atoms with van der Waals surface area (Å²) in [6.45, 7) is 0.173. The minimum Gasteiger partial charge on any atom is -0.378 e. The number of hydrogen-bond donors (Lipinski definition) is 1. The number of alkyl halides is 3. The minimum atomic E-state index is -4.73. The predicted octanol–water partition coefficient (Wildman–Crippen LogP) is 3.84. The maximum atomic E-state index is 13.1. The summed E-state index contributed by atoms with van der Waals surface area (Å²) in [4.78, 5) is 3.99. The first-order valence-corrected chi connectivity index (χ1v) is 5.93. The fourth-order valence-electron chi connectivity index (χ4n) is 1.62. The Kier molecular flexibility index (Phi) is 3.89. The molecular weight excluding hydrogens is 298 g/mol. The number of imidazole rings is 1. The highest BCUT2D eigenvalue weighted by Gasteiger charge is 2.34. The molecule has 0 bridgehead atoms. The Morgan fingerprint density at radius 3 is 2.60 bits per heavy atom. The maximum absolute atomic E-state index is 13.1. The van der Waals surface area contributed by atoms with Gasteiger partial charge < -0.3 is 9.88 Å². The number of rotatable bonds is 3. The molecule has 0 aliphatic carbocycles. The average Bonchev–Trinajstić information content (AvgIpc) is 2.68. The quantitative estimate of drug-likeness (QED) is 0.873. The van der Waals surface area contributed by atoms with Crippen molar-refractivity contribution < 1.29 is 17.6 Å². The van der Waals surface area contributed by atoms with Gasteiger partial charge in [0.25, 0.3) is 0 Å². The van der Waals surface area contributed by atoms with Gasteiger partial charge in [0.2, 0.25) is 0 Å². The molecule has 1 N–H and O–H groups in total. The minimum absolute atomic E-state index is 0.151. The van der Waals surface area contributed by atoms with Gasteiger partial charge in [0.05, 0.1) is 18.3 Å². The van der Waals surface area contributed by atoms with Gasteiger partial charge in [-0.3, -0.25) is 0 Å². The normalized spacial score (nSPS) is 11.7. The molecule has 20 heavy (non-hydrogen) atoms. The number of anilines is 1. The smallest absolute Gasteiger partial charge is 0.378 e. The Hall–Kier alpha value is -1.76. The van der Waals surface area contributed by atoms with Crippen LogP contribution < -0.4 is 5.32 Å². The standard InChI is InChI=1S/C12H10ClF4N3/c1-20-10(13)5-19-11(20)6-18-7-2-3-9(14)8(4-7)12(15,16)17/h2-5,18H,6H2,1H3. The third-order valence-corrected chi connectivity index (χ3v) is 3.10. The van der Waals surface area contributed by atoms with E-state index in [1.807, 2.05) is 0 Å². The third kappa shape index (κ3) is 3.04. The van der Waals surface area contributed by atoms with Crippen LogP contribution in [0.2, 0.25) is 5.15 Å². The molecule has 2 rings (SSSR count). The lowest BCUT2D eigenvalue weighted by Gasteiger charge is -2.11. The van der Waals surface area contributed by atoms with E-state index in [0.717, 1.165) is 12.1 Å². The van der Waals surface area contributed by atoms with Gasteiger partial charge in [-0.25, -0.2) is 9.37 Å². The molecule has 0 fully saturated rings. The second-order valence-electron chi connectivity index (χ2n) is 4.10. The molecule has 0 saturated carbocycles. The fourth-order valence-corrected chi connectivity index (χ4v) is 1.77. The SMILES string of the molecule is Cn1c(Cl)cnc1CNc1ccc(F)c(C(F)(F)F)c1. The number of halogens is 5. The molecule has 2 aromatic rings. The number of benzene rings is 1. The Balaban J connectivity index is 2.17. The van der Waals surface area contributed by atoms with Crippen LogP contribution in [-0.2, 0) is 19.8 Å². The van der Waals surface area contributed by atoms with E-state index < -0.39 is 17.6 Å². The van der Waals surface area contributed by atoms with Crippen LogP contribution >= 0.6 is 11.6 Å². The Bertz CT molecular complexity index is 622. The molecule has 3 nitrogen and oxygen atoms in total. The summed E-state index contributed by atoms with van der Waals surface area (Å²) in [5, 5.41) is 3.16. The zero-order valence-corrected chi connectivity index (χ0v) is 11.1. The van der Waals surface area contributed by atoms with E-state index in [0.29, 0.717) is 11.0 Å². The molecule has 1 heterocycles. The predicted molar refractivity (Wildman–Crippen MR) is 66.9 cm³/mol. The summed E-state index contributed by atoms with van der Waals surface area (Å²) in [5.41, 5.74) is -1.15. The lowest BCUT2D eigenvalue weighted by atomic mass is 10.2. The molecule has 0 unspecified atom stereocenters. The summed E-state index contributed by atoms with van der Waals surface area (Å²) >= 11 is 5.79. The number of aromatic nitrogens is 2. The molecule has 1 aromatic heterocycles. The highest BCUT2D eigenvalue weighted by molar-refractivity contribution is 6.29. The van der Waals surface area contributed by atoms with Gasteiger partial charge in [-0.05, 0) is 18.2 Å². The highest BCUT2D eigenvalue weighted by atomic mass is 35.5. The lowest BCUT2D eigenvalue weighted by molar-refractivity contribution is -0.139. The average molecular weight is 308 g/mol. The number of nitrogens with one attached hydrogen (secondary N) is 1. The van der Waals surface area contributed by atoms with Crippen LogP contribution in [0, 0.1) is 5.82 Å². The Labute approximate surface area is 117 Å². The van der Waals surface area contributed by atoms with E-state index in [1.165, 1.54) is 12.3 Å². The second kappa shape index (κ2) is 5.32. The van der Waals surface area contributed by atoms with Gasteiger partial charge in [-0.2, -0.15) is 13.2 Å². The topological polar surface area (TPSA) is 29.9 Å². The number of hydrogen-bond acceptors (Lipinski definition) is 2. The summed E-state index contributed by atoms with van der Waals surface area (Å²) in [5.74, 6) is -0.754. The molecule has 0 atom stereocenters. The van der Waals surface area contributed by atoms with Crippen LogP contribution in [0.1, 0.15) is 11.4 Å². The van der Waals surface area contributed by atoms with E-state index >= 15 is 0 Å². The molecule has 0 amide bonds. The first-order valence-electron chi connectivity index (χ1n) is 5.55. The van der Waals surface area contributed by atoms with Gasteiger partial charge in [-0.1, -0.05) is 11.6 Å². The summed E-state index contributed by atoms with van der Waals surface area (Å²) in [6, 6.07) is 2.73. The van der Waals surface area contributed by atoms with Crippen LogP contribution in [0.4, 0.5) is 23.2 Å². The van der Waals surface area contributed by atoms with Crippen molar-refractivity contribution in [1.29, 1.82) is 0 Å². The zero-order chi connectivity index (χ0) is 14.9. The van der Waals surface area contributed by atoms with Crippen molar-refractivity contribution in [2.45, 2.75) is 12.7 Å². The maximum Gasteiger partial charge on any atom is 0.419 e. The van der Waals surface area contributed by atoms with Gasteiger partial charge in [-0.15, -0.1) is 0 Å². The van der Waals surface area contributed by atoms with Gasteiger partial charge in [0.1, 0.15) is 16.8 Å². The largest absolute Gasteiger partial charge is 0.419 e. The van der Waals surface area contributed by atoms with E-state index in [-0.39, 0.29) is 12.2 Å². The fraction of sp³-hybridized carbons (Fsp3) is 0.250. The highest BCUT2D eigenvalue weighted by Crippen LogP contribution is 2.33. The zero-order valence-electron chi connectivity index (χ0n) is 10.3. The molecule has 0 spiro atoms. The first-order chi connectivity index (χ1) is 9.29. The van der Waals surface area contributed by atoms with E-state index in [1.54, 1.807) is 11.6 Å². The van der Waals surface area contributed by atoms with Crippen molar-refractivity contribution in [3.8, 4) is 0 Å². The molecule has 0 aliphatic rings. The summed E-state index contributed by atoms with van der Waals surface area (Å²) < 4.78 is 52.4. The van der Waals surface area contributed by atoms with Crippen molar-refractivity contribution in [1.82, 2.24) is 9.55 Å². The van der Waals surface area contributed by atoms with Crippen LogP contribution in [0.5, 0.6) is 0 Å². The molecule has 1 aromatic carbocycles. The van der Waals surface area contributed by atoms with Crippen molar-refractivity contribution >= 4 is 17.3 Å². The van der Waals surface area contributed by atoms with Crippen molar-refractivity contribution in [2.24, 2.45) is 7.05 Å². The first kappa shape index (κ1) is 14.6. The van der Waals surface area contributed by atoms with Crippen LogP contribution in [0.3, 0.4) is 0 Å². The van der Waals surface area contributed by atoms with Crippen LogP contribution in [0.25, 0.3) is 0 Å². The molecule has 0 aliphatic heterocycles. The van der Waals surface area contributed by atoms with Gasteiger partial charge in [0.15, 0.2) is 0 Å².